The summed E-state index contributed by atoms with van der Waals surface area (Å²) in [4.78, 5) is 21.8. The first-order valence-electron chi connectivity index (χ1n) is 6.53. The molecule has 6 nitrogen and oxygen atoms in total. The van der Waals surface area contributed by atoms with Gasteiger partial charge in [0, 0.05) is 26.2 Å². The lowest BCUT2D eigenvalue weighted by Crippen LogP contribution is -2.18. The van der Waals surface area contributed by atoms with E-state index >= 15 is 0 Å². The number of esters is 1. The Kier molecular flexibility index (Phi) is 4.84. The summed E-state index contributed by atoms with van der Waals surface area (Å²) in [6.07, 6.45) is 1.50. The molecule has 1 heterocycles. The van der Waals surface area contributed by atoms with E-state index in [4.69, 9.17) is 10.5 Å². The van der Waals surface area contributed by atoms with E-state index in [1.165, 1.54) is 13.4 Å². The zero-order chi connectivity index (χ0) is 15.2. The van der Waals surface area contributed by atoms with Crippen LogP contribution < -0.4 is 10.6 Å². The molecule has 6 heteroatoms. The third kappa shape index (κ3) is 3.76. The minimum atomic E-state index is -0.341. The lowest BCUT2D eigenvalue weighted by molar-refractivity contribution is 0.0600. The number of nitrogens with zero attached hydrogens (tertiary/aromatic N) is 3. The van der Waals surface area contributed by atoms with Crippen LogP contribution in [-0.4, -0.2) is 30.1 Å². The number of carbonyl (C=O) groups excluding carboxylic acids is 1. The lowest BCUT2D eigenvalue weighted by Gasteiger charge is -2.18. The van der Waals surface area contributed by atoms with Crippen LogP contribution >= 0.6 is 0 Å². The van der Waals surface area contributed by atoms with Gasteiger partial charge in [-0.1, -0.05) is 12.1 Å². The Morgan fingerprint density at radius 3 is 2.86 bits per heavy atom. The quantitative estimate of drug-likeness (QED) is 0.836. The van der Waals surface area contributed by atoms with Crippen molar-refractivity contribution in [1.82, 2.24) is 9.97 Å². The van der Waals surface area contributed by atoms with Crippen LogP contribution in [-0.2, 0) is 17.8 Å². The molecule has 0 saturated carbocycles. The highest BCUT2D eigenvalue weighted by molar-refractivity contribution is 5.89. The number of hydrogen-bond acceptors (Lipinski definition) is 6. The van der Waals surface area contributed by atoms with E-state index in [0.717, 1.165) is 17.1 Å². The number of aromatic nitrogens is 2. The first-order chi connectivity index (χ1) is 10.1. The molecule has 21 heavy (non-hydrogen) atoms. The molecule has 0 atom stereocenters. The minimum absolute atomic E-state index is 0.341. The summed E-state index contributed by atoms with van der Waals surface area (Å²) < 4.78 is 4.72. The van der Waals surface area contributed by atoms with E-state index in [-0.39, 0.29) is 5.97 Å². The van der Waals surface area contributed by atoms with Crippen LogP contribution in [0.3, 0.4) is 0 Å². The predicted molar refractivity (Wildman–Crippen MR) is 79.8 cm³/mol. The van der Waals surface area contributed by atoms with Crippen LogP contribution in [0.1, 0.15) is 21.6 Å². The molecule has 0 aliphatic rings. The summed E-state index contributed by atoms with van der Waals surface area (Å²) in [5, 5.41) is 0. The van der Waals surface area contributed by atoms with Crippen LogP contribution in [0.4, 0.5) is 5.82 Å². The molecule has 110 valence electrons. The van der Waals surface area contributed by atoms with Crippen molar-refractivity contribution in [3.8, 4) is 0 Å². The van der Waals surface area contributed by atoms with Crippen LogP contribution in [0, 0.1) is 0 Å². The van der Waals surface area contributed by atoms with E-state index in [2.05, 4.69) is 9.97 Å². The minimum Gasteiger partial charge on any atom is -0.465 e. The summed E-state index contributed by atoms with van der Waals surface area (Å²) in [7, 11) is 3.30. The van der Waals surface area contributed by atoms with Crippen molar-refractivity contribution in [1.29, 1.82) is 0 Å². The summed E-state index contributed by atoms with van der Waals surface area (Å²) in [5.74, 6) is 0.445. The van der Waals surface area contributed by atoms with Gasteiger partial charge in [0.2, 0.25) is 0 Å². The molecular weight excluding hydrogens is 268 g/mol. The third-order valence-corrected chi connectivity index (χ3v) is 3.08. The molecule has 0 radical (unpaired) electrons. The number of carbonyl (C=O) groups is 1. The Balaban J connectivity index is 2.15. The number of nitrogens with two attached hydrogens (primary N) is 1. The molecule has 2 N–H and O–H groups in total. The molecule has 0 unspecified atom stereocenters. The van der Waals surface area contributed by atoms with Crippen molar-refractivity contribution < 1.29 is 9.53 Å². The van der Waals surface area contributed by atoms with Crippen molar-refractivity contribution in [2.75, 3.05) is 19.1 Å². The van der Waals surface area contributed by atoms with Gasteiger partial charge in [0.25, 0.3) is 0 Å². The topological polar surface area (TPSA) is 81.3 Å². The number of anilines is 1. The van der Waals surface area contributed by atoms with E-state index in [1.807, 2.05) is 36.2 Å². The highest BCUT2D eigenvalue weighted by atomic mass is 16.5. The van der Waals surface area contributed by atoms with Gasteiger partial charge in [-0.05, 0) is 17.7 Å². The summed E-state index contributed by atoms with van der Waals surface area (Å²) in [5.41, 5.74) is 7.90. The Morgan fingerprint density at radius 2 is 2.14 bits per heavy atom. The SMILES string of the molecule is COC(=O)c1cccc(CN(C)c2cc(CN)ncn2)c1. The molecule has 0 aliphatic heterocycles. The molecule has 0 saturated heterocycles. The second-order valence-corrected chi connectivity index (χ2v) is 4.62. The van der Waals surface area contributed by atoms with Crippen LogP contribution in [0.15, 0.2) is 36.7 Å². The highest BCUT2D eigenvalue weighted by Crippen LogP contribution is 2.14. The van der Waals surface area contributed by atoms with Gasteiger partial charge in [-0.3, -0.25) is 0 Å². The largest absolute Gasteiger partial charge is 0.465 e. The molecule has 0 fully saturated rings. The van der Waals surface area contributed by atoms with E-state index < -0.39 is 0 Å². The van der Waals surface area contributed by atoms with Gasteiger partial charge in [-0.2, -0.15) is 0 Å². The fraction of sp³-hybridized carbons (Fsp3) is 0.267. The Hall–Kier alpha value is -2.47. The molecule has 1 aromatic carbocycles. The van der Waals surface area contributed by atoms with E-state index in [0.29, 0.717) is 18.7 Å². The van der Waals surface area contributed by atoms with Gasteiger partial charge in [0.1, 0.15) is 12.1 Å². The molecular formula is C15H18N4O2. The van der Waals surface area contributed by atoms with Crippen molar-refractivity contribution in [3.63, 3.8) is 0 Å². The standard InChI is InChI=1S/C15H18N4O2/c1-19(14-7-13(8-16)17-10-18-14)9-11-4-3-5-12(6-11)15(20)21-2/h3-7,10H,8-9,16H2,1-2H3. The number of benzene rings is 1. The molecule has 2 rings (SSSR count). The summed E-state index contributed by atoms with van der Waals surface area (Å²) >= 11 is 0. The van der Waals surface area contributed by atoms with Gasteiger partial charge in [0.15, 0.2) is 0 Å². The van der Waals surface area contributed by atoms with Gasteiger partial charge in [0.05, 0.1) is 18.4 Å². The molecule has 0 amide bonds. The normalized spacial score (nSPS) is 10.2. The van der Waals surface area contributed by atoms with Gasteiger partial charge in [-0.15, -0.1) is 0 Å². The average molecular weight is 286 g/mol. The molecule has 2 aromatic rings. The number of hydrogen-bond donors (Lipinski definition) is 1. The fourth-order valence-corrected chi connectivity index (χ4v) is 1.98. The zero-order valence-electron chi connectivity index (χ0n) is 12.1. The summed E-state index contributed by atoms with van der Waals surface area (Å²) in [6.45, 7) is 0.993. The van der Waals surface area contributed by atoms with Gasteiger partial charge in [-0.25, -0.2) is 14.8 Å². The van der Waals surface area contributed by atoms with Crippen molar-refractivity contribution in [2.45, 2.75) is 13.1 Å². The molecule has 0 spiro atoms. The number of ether oxygens (including phenoxy) is 1. The van der Waals surface area contributed by atoms with Crippen molar-refractivity contribution >= 4 is 11.8 Å². The van der Waals surface area contributed by atoms with E-state index in [1.54, 1.807) is 6.07 Å². The lowest BCUT2D eigenvalue weighted by atomic mass is 10.1. The average Bonchev–Trinajstić information content (AvgIpc) is 2.54. The Morgan fingerprint density at radius 1 is 1.33 bits per heavy atom. The van der Waals surface area contributed by atoms with Crippen molar-refractivity contribution in [3.05, 3.63) is 53.5 Å². The van der Waals surface area contributed by atoms with Crippen LogP contribution in [0.25, 0.3) is 0 Å². The monoisotopic (exact) mass is 286 g/mol. The highest BCUT2D eigenvalue weighted by Gasteiger charge is 2.08. The molecule has 0 bridgehead atoms. The molecule has 0 aliphatic carbocycles. The van der Waals surface area contributed by atoms with Gasteiger partial charge >= 0.3 is 5.97 Å². The Bertz CT molecular complexity index is 631. The fourth-order valence-electron chi connectivity index (χ4n) is 1.98. The van der Waals surface area contributed by atoms with Crippen molar-refractivity contribution in [2.24, 2.45) is 5.73 Å². The predicted octanol–water partition coefficient (Wildman–Crippen LogP) is 1.36. The smallest absolute Gasteiger partial charge is 0.337 e. The zero-order valence-corrected chi connectivity index (χ0v) is 12.1. The van der Waals surface area contributed by atoms with Crippen LogP contribution in [0.5, 0.6) is 0 Å². The first kappa shape index (κ1) is 14.9. The summed E-state index contributed by atoms with van der Waals surface area (Å²) in [6, 6.07) is 9.18. The number of rotatable bonds is 5. The maximum Gasteiger partial charge on any atom is 0.337 e. The second kappa shape index (κ2) is 6.81. The maximum absolute atomic E-state index is 11.5. The first-order valence-corrected chi connectivity index (χ1v) is 6.53. The molecule has 1 aromatic heterocycles. The van der Waals surface area contributed by atoms with Gasteiger partial charge < -0.3 is 15.4 Å². The Labute approximate surface area is 123 Å². The third-order valence-electron chi connectivity index (χ3n) is 3.08. The van der Waals surface area contributed by atoms with E-state index in [9.17, 15) is 4.79 Å². The number of methoxy groups -OCH3 is 1. The van der Waals surface area contributed by atoms with Crippen LogP contribution in [0.2, 0.25) is 0 Å². The maximum atomic E-state index is 11.5. The second-order valence-electron chi connectivity index (χ2n) is 4.62.